The number of thiophene rings is 1. The molecule has 0 aliphatic heterocycles. The van der Waals surface area contributed by atoms with E-state index in [0.717, 1.165) is 25.1 Å². The van der Waals surface area contributed by atoms with Crippen LogP contribution in [-0.4, -0.2) is 13.7 Å². The van der Waals surface area contributed by atoms with Crippen LogP contribution in [0.15, 0.2) is 35.7 Å². The highest BCUT2D eigenvalue weighted by Gasteiger charge is 2.15. The number of benzene rings is 1. The number of hydrogen-bond acceptors (Lipinski definition) is 3. The molecule has 1 aromatic heterocycles. The van der Waals surface area contributed by atoms with Gasteiger partial charge in [-0.2, -0.15) is 0 Å². The zero-order chi connectivity index (χ0) is 14.4. The second-order valence-electron chi connectivity index (χ2n) is 4.87. The van der Waals surface area contributed by atoms with Gasteiger partial charge in [0, 0.05) is 10.3 Å². The zero-order valence-corrected chi connectivity index (χ0v) is 13.3. The maximum atomic E-state index is 5.30. The lowest BCUT2D eigenvalue weighted by atomic mass is 10.0. The number of methoxy groups -OCH3 is 1. The van der Waals surface area contributed by atoms with Crippen LogP contribution in [0.4, 0.5) is 0 Å². The molecule has 1 aromatic carbocycles. The van der Waals surface area contributed by atoms with Crippen LogP contribution in [0.25, 0.3) is 0 Å². The van der Waals surface area contributed by atoms with Crippen LogP contribution in [0.5, 0.6) is 5.75 Å². The molecule has 0 bridgehead atoms. The molecule has 2 aromatic rings. The van der Waals surface area contributed by atoms with Crippen molar-refractivity contribution in [3.63, 3.8) is 0 Å². The first-order valence-electron chi connectivity index (χ1n) is 7.23. The average Bonchev–Trinajstić information content (AvgIpc) is 2.97. The molecular formula is C17H23NOS. The maximum Gasteiger partial charge on any atom is 0.129 e. The predicted molar refractivity (Wildman–Crippen MR) is 86.8 cm³/mol. The highest BCUT2D eigenvalue weighted by molar-refractivity contribution is 7.10. The van der Waals surface area contributed by atoms with Gasteiger partial charge in [0.05, 0.1) is 13.2 Å². The Hall–Kier alpha value is -1.32. The summed E-state index contributed by atoms with van der Waals surface area (Å²) >= 11 is 1.75. The minimum Gasteiger partial charge on any atom is -0.496 e. The van der Waals surface area contributed by atoms with E-state index in [1.54, 1.807) is 18.4 Å². The Morgan fingerprint density at radius 3 is 2.50 bits per heavy atom. The molecule has 0 fully saturated rings. The van der Waals surface area contributed by atoms with E-state index in [2.05, 4.69) is 54.9 Å². The summed E-state index contributed by atoms with van der Waals surface area (Å²) in [4.78, 5) is 1.31. The number of rotatable bonds is 7. The lowest BCUT2D eigenvalue weighted by Gasteiger charge is -2.18. The highest BCUT2D eigenvalue weighted by Crippen LogP contribution is 2.31. The number of ether oxygens (including phenoxy) is 1. The lowest BCUT2D eigenvalue weighted by Crippen LogP contribution is -2.22. The van der Waals surface area contributed by atoms with Crippen LogP contribution in [0.3, 0.4) is 0 Å². The summed E-state index contributed by atoms with van der Waals surface area (Å²) < 4.78 is 5.30. The third-order valence-corrected chi connectivity index (χ3v) is 4.41. The van der Waals surface area contributed by atoms with E-state index >= 15 is 0 Å². The number of hydrogen-bond donors (Lipinski definition) is 1. The van der Waals surface area contributed by atoms with Crippen molar-refractivity contribution in [1.29, 1.82) is 0 Å². The summed E-state index contributed by atoms with van der Waals surface area (Å²) in [5, 5.41) is 5.70. The second-order valence-corrected chi connectivity index (χ2v) is 5.81. The molecule has 0 radical (unpaired) electrons. The third-order valence-electron chi connectivity index (χ3n) is 3.44. The van der Waals surface area contributed by atoms with Gasteiger partial charge in [0.15, 0.2) is 0 Å². The molecule has 0 aliphatic carbocycles. The largest absolute Gasteiger partial charge is 0.496 e. The summed E-state index contributed by atoms with van der Waals surface area (Å²) in [6.45, 7) is 5.39. The standard InChI is InChI=1S/C17H23NOS/c1-4-10-18-17(16-11-15(19-3)12-20-16)14-8-6-13(5-2)7-9-14/h6-9,11-12,17-18H,4-5,10H2,1-3H3. The number of nitrogens with one attached hydrogen (secondary N) is 1. The van der Waals surface area contributed by atoms with Gasteiger partial charge in [-0.15, -0.1) is 11.3 Å². The van der Waals surface area contributed by atoms with Crippen LogP contribution in [0.1, 0.15) is 42.3 Å². The van der Waals surface area contributed by atoms with Gasteiger partial charge >= 0.3 is 0 Å². The van der Waals surface area contributed by atoms with Gasteiger partial charge in [-0.1, -0.05) is 38.1 Å². The van der Waals surface area contributed by atoms with Crippen molar-refractivity contribution in [2.75, 3.05) is 13.7 Å². The van der Waals surface area contributed by atoms with E-state index in [9.17, 15) is 0 Å². The van der Waals surface area contributed by atoms with E-state index < -0.39 is 0 Å². The van der Waals surface area contributed by atoms with Crippen LogP contribution in [0.2, 0.25) is 0 Å². The monoisotopic (exact) mass is 289 g/mol. The molecule has 2 rings (SSSR count). The third kappa shape index (κ3) is 3.62. The summed E-state index contributed by atoms with van der Waals surface area (Å²) in [7, 11) is 1.72. The van der Waals surface area contributed by atoms with E-state index in [1.165, 1.54) is 16.0 Å². The first-order chi connectivity index (χ1) is 9.78. The molecule has 1 atom stereocenters. The van der Waals surface area contributed by atoms with Gasteiger partial charge in [-0.3, -0.25) is 0 Å². The lowest BCUT2D eigenvalue weighted by molar-refractivity contribution is 0.416. The quantitative estimate of drug-likeness (QED) is 0.815. The summed E-state index contributed by atoms with van der Waals surface area (Å²) in [5.74, 6) is 0.943. The molecule has 3 heteroatoms. The molecule has 1 heterocycles. The molecule has 1 N–H and O–H groups in total. The predicted octanol–water partition coefficient (Wildman–Crippen LogP) is 4.41. The fraction of sp³-hybridized carbons (Fsp3) is 0.412. The van der Waals surface area contributed by atoms with Crippen LogP contribution < -0.4 is 10.1 Å². The van der Waals surface area contributed by atoms with Crippen molar-refractivity contribution in [3.05, 3.63) is 51.7 Å². The van der Waals surface area contributed by atoms with Gasteiger partial charge < -0.3 is 10.1 Å². The zero-order valence-electron chi connectivity index (χ0n) is 12.5. The molecular weight excluding hydrogens is 266 g/mol. The van der Waals surface area contributed by atoms with E-state index in [1.807, 2.05) is 0 Å². The molecule has 0 amide bonds. The Balaban J connectivity index is 2.25. The van der Waals surface area contributed by atoms with Crippen molar-refractivity contribution in [2.24, 2.45) is 0 Å². The Labute approximate surface area is 125 Å². The number of aryl methyl sites for hydroxylation is 1. The SMILES string of the molecule is CCCNC(c1ccc(CC)cc1)c1cc(OC)cs1. The molecule has 0 saturated carbocycles. The molecule has 0 spiro atoms. The molecule has 0 aliphatic rings. The van der Waals surface area contributed by atoms with Crippen LogP contribution in [-0.2, 0) is 6.42 Å². The minimum atomic E-state index is 0.259. The van der Waals surface area contributed by atoms with Gasteiger partial charge in [0.1, 0.15) is 5.75 Å². The Bertz CT molecular complexity index is 518. The molecule has 2 nitrogen and oxygen atoms in total. The van der Waals surface area contributed by atoms with Crippen molar-refractivity contribution in [3.8, 4) is 5.75 Å². The van der Waals surface area contributed by atoms with E-state index in [0.29, 0.717) is 0 Å². The summed E-state index contributed by atoms with van der Waals surface area (Å²) in [6, 6.07) is 11.3. The van der Waals surface area contributed by atoms with Crippen LogP contribution >= 0.6 is 11.3 Å². The van der Waals surface area contributed by atoms with Crippen molar-refractivity contribution in [1.82, 2.24) is 5.32 Å². The van der Waals surface area contributed by atoms with Gasteiger partial charge in [-0.05, 0) is 36.6 Å². The fourth-order valence-corrected chi connectivity index (χ4v) is 3.17. The average molecular weight is 289 g/mol. The fourth-order valence-electron chi connectivity index (χ4n) is 2.21. The van der Waals surface area contributed by atoms with Crippen LogP contribution in [0, 0.1) is 0 Å². The topological polar surface area (TPSA) is 21.3 Å². The Morgan fingerprint density at radius 2 is 1.95 bits per heavy atom. The molecule has 0 saturated heterocycles. The molecule has 20 heavy (non-hydrogen) atoms. The second kappa shape index (κ2) is 7.46. The summed E-state index contributed by atoms with van der Waals surface area (Å²) in [6.07, 6.45) is 2.21. The van der Waals surface area contributed by atoms with Gasteiger partial charge in [-0.25, -0.2) is 0 Å². The van der Waals surface area contributed by atoms with E-state index in [-0.39, 0.29) is 6.04 Å². The van der Waals surface area contributed by atoms with Crippen molar-refractivity contribution < 1.29 is 4.74 Å². The smallest absolute Gasteiger partial charge is 0.129 e. The normalized spacial score (nSPS) is 12.3. The first-order valence-corrected chi connectivity index (χ1v) is 8.11. The molecule has 1 unspecified atom stereocenters. The van der Waals surface area contributed by atoms with Crippen molar-refractivity contribution >= 4 is 11.3 Å². The Kier molecular flexibility index (Phi) is 5.62. The van der Waals surface area contributed by atoms with Crippen molar-refractivity contribution in [2.45, 2.75) is 32.7 Å². The first kappa shape index (κ1) is 15.1. The Morgan fingerprint density at radius 1 is 1.20 bits per heavy atom. The van der Waals surface area contributed by atoms with Gasteiger partial charge in [0.2, 0.25) is 0 Å². The summed E-state index contributed by atoms with van der Waals surface area (Å²) in [5.41, 5.74) is 2.70. The van der Waals surface area contributed by atoms with E-state index in [4.69, 9.17) is 4.74 Å². The van der Waals surface area contributed by atoms with Gasteiger partial charge in [0.25, 0.3) is 0 Å². The highest BCUT2D eigenvalue weighted by atomic mass is 32.1. The maximum absolute atomic E-state index is 5.30. The minimum absolute atomic E-state index is 0.259. The molecule has 108 valence electrons.